The number of aromatic nitrogens is 5. The van der Waals surface area contributed by atoms with Gasteiger partial charge in [0.15, 0.2) is 5.82 Å². The number of para-hydroxylation sites is 2. The lowest BCUT2D eigenvalue weighted by Gasteiger charge is -2.22. The van der Waals surface area contributed by atoms with E-state index in [1.165, 1.54) is 22.3 Å². The molecule has 0 aliphatic heterocycles. The molecule has 5 nitrogen and oxygen atoms in total. The maximum atomic E-state index is 5.51. The summed E-state index contributed by atoms with van der Waals surface area (Å²) in [5, 5.41) is 4.55. The van der Waals surface area contributed by atoms with Crippen molar-refractivity contribution in [2.75, 3.05) is 0 Å². The number of benzene rings is 9. The molecular weight excluding hydrogens is 791 g/mol. The summed E-state index contributed by atoms with van der Waals surface area (Å²) in [5.74, 6) is 1.69. The van der Waals surface area contributed by atoms with Crippen LogP contribution in [0.15, 0.2) is 212 Å². The van der Waals surface area contributed by atoms with E-state index in [4.69, 9.17) is 15.0 Å². The van der Waals surface area contributed by atoms with E-state index in [1.807, 2.05) is 0 Å². The minimum absolute atomic E-state index is 0.108. The summed E-state index contributed by atoms with van der Waals surface area (Å²) in [6.07, 6.45) is 0. The monoisotopic (exact) mass is 831 g/mol. The molecule has 306 valence electrons. The van der Waals surface area contributed by atoms with Gasteiger partial charge < -0.3 is 0 Å². The van der Waals surface area contributed by atoms with Crippen molar-refractivity contribution in [2.24, 2.45) is 0 Å². The lowest BCUT2D eigenvalue weighted by atomic mass is 9.81. The molecule has 3 heterocycles. The maximum absolute atomic E-state index is 5.51. The summed E-state index contributed by atoms with van der Waals surface area (Å²) < 4.78 is 4.44. The van der Waals surface area contributed by atoms with Gasteiger partial charge in [-0.15, -0.1) is 0 Å². The molecule has 1 aliphatic carbocycles. The quantitative estimate of drug-likeness (QED) is 0.168. The Hall–Kier alpha value is -8.41. The van der Waals surface area contributed by atoms with Gasteiger partial charge in [0.1, 0.15) is 0 Å². The fourth-order valence-corrected chi connectivity index (χ4v) is 10.4. The van der Waals surface area contributed by atoms with Crippen LogP contribution in [-0.2, 0) is 5.41 Å². The second-order valence-electron chi connectivity index (χ2n) is 17.7. The van der Waals surface area contributed by atoms with Gasteiger partial charge in [0.05, 0.1) is 22.1 Å². The maximum Gasteiger partial charge on any atom is 0.240 e. The van der Waals surface area contributed by atoms with Crippen molar-refractivity contribution in [3.05, 3.63) is 223 Å². The highest BCUT2D eigenvalue weighted by molar-refractivity contribution is 6.11. The van der Waals surface area contributed by atoms with Gasteiger partial charge in [-0.25, -0.2) is 0 Å². The Bertz CT molecular complexity index is 3680. The lowest BCUT2D eigenvalue weighted by molar-refractivity contribution is 0.660. The van der Waals surface area contributed by atoms with E-state index in [-0.39, 0.29) is 5.41 Å². The normalized spacial score (nSPS) is 12.9. The predicted octanol–water partition coefficient (Wildman–Crippen LogP) is 15.0. The van der Waals surface area contributed by atoms with Gasteiger partial charge in [-0.2, -0.15) is 15.0 Å². The zero-order chi connectivity index (χ0) is 43.2. The van der Waals surface area contributed by atoms with Crippen LogP contribution >= 0.6 is 0 Å². The summed E-state index contributed by atoms with van der Waals surface area (Å²) in [5.41, 5.74) is 17.1. The van der Waals surface area contributed by atoms with Gasteiger partial charge in [0.25, 0.3) is 0 Å². The topological polar surface area (TPSA) is 48.5 Å². The summed E-state index contributed by atoms with van der Waals surface area (Å²) in [6, 6.07) is 76.1. The largest absolute Gasteiger partial charge is 0.278 e. The summed E-state index contributed by atoms with van der Waals surface area (Å²) >= 11 is 0. The highest BCUT2D eigenvalue weighted by Gasteiger charge is 2.35. The highest BCUT2D eigenvalue weighted by atomic mass is 15.3. The zero-order valence-corrected chi connectivity index (χ0v) is 35.9. The molecule has 0 bridgehead atoms. The molecular formula is C60H41N5. The minimum Gasteiger partial charge on any atom is -0.278 e. The predicted molar refractivity (Wildman–Crippen MR) is 268 cm³/mol. The average Bonchev–Trinajstić information content (AvgIpc) is 3.96. The van der Waals surface area contributed by atoms with Crippen molar-refractivity contribution < 1.29 is 0 Å². The molecule has 0 spiro atoms. The van der Waals surface area contributed by atoms with Gasteiger partial charge in [-0.3, -0.25) is 9.13 Å². The number of rotatable bonds is 6. The van der Waals surface area contributed by atoms with Gasteiger partial charge in [-0.1, -0.05) is 190 Å². The fraction of sp³-hybridized carbons (Fsp3) is 0.0500. The molecule has 1 aliphatic rings. The molecule has 12 aromatic rings. The Balaban J connectivity index is 1.06. The Morgan fingerprint density at radius 1 is 0.308 bits per heavy atom. The number of nitrogens with zero attached hydrogens (tertiary/aromatic N) is 5. The average molecular weight is 832 g/mol. The number of hydrogen-bond donors (Lipinski definition) is 0. The van der Waals surface area contributed by atoms with Crippen molar-refractivity contribution in [2.45, 2.75) is 19.3 Å². The Kier molecular flexibility index (Phi) is 8.18. The molecule has 13 rings (SSSR count). The second kappa shape index (κ2) is 14.3. The van der Waals surface area contributed by atoms with Crippen LogP contribution in [0.25, 0.3) is 111 Å². The van der Waals surface area contributed by atoms with Gasteiger partial charge >= 0.3 is 0 Å². The first-order valence-corrected chi connectivity index (χ1v) is 22.3. The first kappa shape index (κ1) is 37.2. The van der Waals surface area contributed by atoms with Crippen LogP contribution in [0.2, 0.25) is 0 Å². The molecule has 0 amide bonds. The fourth-order valence-electron chi connectivity index (χ4n) is 10.4. The third-order valence-electron chi connectivity index (χ3n) is 13.6. The van der Waals surface area contributed by atoms with Crippen molar-refractivity contribution in [1.82, 2.24) is 24.1 Å². The molecule has 0 N–H and O–H groups in total. The van der Waals surface area contributed by atoms with Gasteiger partial charge in [-0.05, 0) is 92.0 Å². The molecule has 0 unspecified atom stereocenters. The number of fused-ring (bicyclic) bond motifs is 9. The number of hydrogen-bond acceptors (Lipinski definition) is 3. The summed E-state index contributed by atoms with van der Waals surface area (Å²) in [6.45, 7) is 4.67. The van der Waals surface area contributed by atoms with Crippen LogP contribution in [-0.4, -0.2) is 24.1 Å². The van der Waals surface area contributed by atoms with Crippen LogP contribution in [0.1, 0.15) is 25.0 Å². The van der Waals surface area contributed by atoms with E-state index >= 15 is 0 Å². The molecule has 0 saturated carbocycles. The Morgan fingerprint density at radius 2 is 0.754 bits per heavy atom. The van der Waals surface area contributed by atoms with Gasteiger partial charge in [0.2, 0.25) is 11.9 Å². The SMILES string of the molecule is CC1(C)c2ccccc2-c2ccc(-c3cccc(-c4nc(-n5c6ccccc6c6ccc(-c7ccccc7)cc65)nc(-n5c6ccccc6c6ccc(-c7ccccc7)cc65)n4)c3)cc21. The van der Waals surface area contributed by atoms with Crippen molar-refractivity contribution in [3.8, 4) is 67.8 Å². The van der Waals surface area contributed by atoms with E-state index in [9.17, 15) is 0 Å². The highest BCUT2D eigenvalue weighted by Crippen LogP contribution is 2.49. The first-order chi connectivity index (χ1) is 32.0. The van der Waals surface area contributed by atoms with E-state index in [0.717, 1.165) is 82.6 Å². The van der Waals surface area contributed by atoms with Crippen LogP contribution in [0.3, 0.4) is 0 Å². The third kappa shape index (κ3) is 5.82. The van der Waals surface area contributed by atoms with Crippen molar-refractivity contribution >= 4 is 43.6 Å². The first-order valence-electron chi connectivity index (χ1n) is 22.3. The zero-order valence-electron chi connectivity index (χ0n) is 35.9. The van der Waals surface area contributed by atoms with Crippen LogP contribution in [0.4, 0.5) is 0 Å². The molecule has 9 aromatic carbocycles. The third-order valence-corrected chi connectivity index (χ3v) is 13.6. The van der Waals surface area contributed by atoms with Crippen LogP contribution in [0, 0.1) is 0 Å². The minimum atomic E-state index is -0.108. The molecule has 0 saturated heterocycles. The smallest absolute Gasteiger partial charge is 0.240 e. The van der Waals surface area contributed by atoms with E-state index in [0.29, 0.717) is 17.7 Å². The Morgan fingerprint density at radius 3 is 1.37 bits per heavy atom. The molecule has 0 fully saturated rings. The van der Waals surface area contributed by atoms with Crippen LogP contribution < -0.4 is 0 Å². The van der Waals surface area contributed by atoms with Crippen molar-refractivity contribution in [3.63, 3.8) is 0 Å². The molecule has 5 heteroatoms. The second-order valence-corrected chi connectivity index (χ2v) is 17.7. The molecule has 3 aromatic heterocycles. The van der Waals surface area contributed by atoms with E-state index in [2.05, 4.69) is 235 Å². The molecule has 0 atom stereocenters. The Labute approximate surface area is 376 Å². The molecule has 0 radical (unpaired) electrons. The standard InChI is InChI=1S/C60H41N5/c1-60(2)51-25-12-9-22-45(51)46-31-28-41(35-52(46)60)40-20-15-21-44(34-40)57-61-58(64-53-26-13-10-23-47(53)49-32-29-42(36-55(49)64)38-16-5-3-6-17-38)63-59(62-57)65-54-27-14-11-24-48(54)50-33-30-43(37-56(50)65)39-18-7-4-8-19-39/h3-37H,1-2H3. The van der Waals surface area contributed by atoms with E-state index < -0.39 is 0 Å². The van der Waals surface area contributed by atoms with Crippen LogP contribution in [0.5, 0.6) is 0 Å². The summed E-state index contributed by atoms with van der Waals surface area (Å²) in [4.78, 5) is 16.4. The van der Waals surface area contributed by atoms with E-state index in [1.54, 1.807) is 0 Å². The van der Waals surface area contributed by atoms with Crippen molar-refractivity contribution in [1.29, 1.82) is 0 Å². The van der Waals surface area contributed by atoms with Gasteiger partial charge in [0, 0.05) is 32.5 Å². The molecule has 65 heavy (non-hydrogen) atoms. The lowest BCUT2D eigenvalue weighted by Crippen LogP contribution is -2.14. The summed E-state index contributed by atoms with van der Waals surface area (Å²) in [7, 11) is 0.